The van der Waals surface area contributed by atoms with Gasteiger partial charge in [-0.2, -0.15) is 0 Å². The summed E-state index contributed by atoms with van der Waals surface area (Å²) in [5, 5.41) is 52.9. The first-order valence-corrected chi connectivity index (χ1v) is 13.2. The lowest BCUT2D eigenvalue weighted by Gasteiger charge is -2.40. The fourth-order valence-corrected chi connectivity index (χ4v) is 4.52. The van der Waals surface area contributed by atoms with Gasteiger partial charge in [-0.25, -0.2) is 4.79 Å². The third-order valence-corrected chi connectivity index (χ3v) is 7.08. The van der Waals surface area contributed by atoms with E-state index in [1.807, 2.05) is 0 Å². The molecule has 2 fully saturated rings. The summed E-state index contributed by atoms with van der Waals surface area (Å²) in [6, 6.07) is 8.95. The number of ether oxygens (including phenoxy) is 9. The van der Waals surface area contributed by atoms with Gasteiger partial charge in [0.25, 0.3) is 0 Å². The van der Waals surface area contributed by atoms with E-state index < -0.39 is 74.5 Å². The number of benzene rings is 2. The van der Waals surface area contributed by atoms with Crippen molar-refractivity contribution >= 4 is 5.97 Å². The normalized spacial score (nSPS) is 30.4. The van der Waals surface area contributed by atoms with E-state index in [9.17, 15) is 30.3 Å². The smallest absolute Gasteiger partial charge is 0.338 e. The van der Waals surface area contributed by atoms with Crippen LogP contribution in [0.1, 0.15) is 10.4 Å². The van der Waals surface area contributed by atoms with E-state index in [2.05, 4.69) is 0 Å². The summed E-state index contributed by atoms with van der Waals surface area (Å²) in [4.78, 5) is 12.6. The molecule has 0 aliphatic carbocycles. The van der Waals surface area contributed by atoms with Crippen molar-refractivity contribution in [3.8, 4) is 28.7 Å². The number of hydrogen-bond donors (Lipinski definition) is 5. The summed E-state index contributed by atoms with van der Waals surface area (Å²) >= 11 is 0. The van der Waals surface area contributed by atoms with Crippen molar-refractivity contribution in [3.63, 3.8) is 0 Å². The van der Waals surface area contributed by atoms with Gasteiger partial charge in [0, 0.05) is 6.07 Å². The van der Waals surface area contributed by atoms with Crippen LogP contribution < -0.4 is 23.7 Å². The molecule has 2 aliphatic rings. The van der Waals surface area contributed by atoms with Crippen molar-refractivity contribution in [1.29, 1.82) is 0 Å². The molecule has 0 saturated carbocycles. The zero-order valence-corrected chi connectivity index (χ0v) is 23.9. The minimum absolute atomic E-state index is 0.122. The third kappa shape index (κ3) is 7.05. The Kier molecular flexibility index (Phi) is 10.5. The van der Waals surface area contributed by atoms with E-state index >= 15 is 0 Å². The lowest BCUT2D eigenvalue weighted by molar-refractivity contribution is -0.289. The van der Waals surface area contributed by atoms with E-state index in [1.165, 1.54) is 58.8 Å². The molecule has 2 heterocycles. The molecule has 0 aromatic heterocycles. The average Bonchev–Trinajstić information content (AvgIpc) is 3.31. The summed E-state index contributed by atoms with van der Waals surface area (Å²) in [7, 11) is 5.76. The summed E-state index contributed by atoms with van der Waals surface area (Å²) in [6.45, 7) is -1.52. The molecule has 2 aromatic carbocycles. The Balaban J connectivity index is 1.33. The maximum absolute atomic E-state index is 12.6. The van der Waals surface area contributed by atoms with Gasteiger partial charge in [-0.1, -0.05) is 0 Å². The predicted molar refractivity (Wildman–Crippen MR) is 143 cm³/mol. The molecule has 2 saturated heterocycles. The Morgan fingerprint density at radius 3 is 2.12 bits per heavy atom. The van der Waals surface area contributed by atoms with Crippen LogP contribution in [0.25, 0.3) is 0 Å². The van der Waals surface area contributed by atoms with Gasteiger partial charge in [-0.05, 0) is 30.3 Å². The molecule has 15 heteroatoms. The van der Waals surface area contributed by atoms with E-state index in [1.54, 1.807) is 6.07 Å². The highest BCUT2D eigenvalue weighted by molar-refractivity contribution is 5.90. The molecule has 15 nitrogen and oxygen atoms in total. The molecule has 2 aromatic rings. The number of aliphatic hydroxyl groups excluding tert-OH is 4. The van der Waals surface area contributed by atoms with Gasteiger partial charge < -0.3 is 68.2 Å². The van der Waals surface area contributed by atoms with Gasteiger partial charge in [0.15, 0.2) is 34.9 Å². The van der Waals surface area contributed by atoms with Crippen LogP contribution in [-0.4, -0.2) is 128 Å². The van der Waals surface area contributed by atoms with Crippen molar-refractivity contribution in [2.45, 2.75) is 48.7 Å². The molecule has 5 N–H and O–H groups in total. The fraction of sp³-hybridized carbons (Fsp3) is 0.536. The van der Waals surface area contributed by atoms with Gasteiger partial charge in [0.05, 0.1) is 47.2 Å². The molecule has 4 rings (SSSR count). The Labute approximate surface area is 246 Å². The van der Waals surface area contributed by atoms with Gasteiger partial charge >= 0.3 is 5.97 Å². The topological polar surface area (TPSA) is 201 Å². The number of carbonyl (C=O) groups is 1. The molecule has 0 bridgehead atoms. The minimum atomic E-state index is -2.02. The van der Waals surface area contributed by atoms with Crippen molar-refractivity contribution in [3.05, 3.63) is 42.0 Å². The second kappa shape index (κ2) is 13.9. The largest absolute Gasteiger partial charge is 0.493 e. The third-order valence-electron chi connectivity index (χ3n) is 7.08. The highest BCUT2D eigenvalue weighted by atomic mass is 16.7. The first-order chi connectivity index (χ1) is 20.5. The second-order valence-corrected chi connectivity index (χ2v) is 9.86. The highest BCUT2D eigenvalue weighted by Gasteiger charge is 2.51. The number of methoxy groups -OCH3 is 4. The van der Waals surface area contributed by atoms with E-state index in [4.69, 9.17) is 42.6 Å². The van der Waals surface area contributed by atoms with E-state index in [0.29, 0.717) is 23.0 Å². The van der Waals surface area contributed by atoms with E-state index in [-0.39, 0.29) is 11.3 Å². The maximum atomic E-state index is 12.6. The summed E-state index contributed by atoms with van der Waals surface area (Å²) in [5.74, 6) is 0.914. The van der Waals surface area contributed by atoms with E-state index in [0.717, 1.165) is 0 Å². The van der Waals surface area contributed by atoms with Crippen LogP contribution in [0.5, 0.6) is 28.7 Å². The van der Waals surface area contributed by atoms with Crippen molar-refractivity contribution in [1.82, 2.24) is 0 Å². The molecule has 0 radical (unpaired) electrons. The monoisotopic (exact) mass is 612 g/mol. The van der Waals surface area contributed by atoms with Crippen molar-refractivity contribution in [2.24, 2.45) is 0 Å². The number of aliphatic hydroxyl groups is 5. The number of esters is 1. The SMILES string of the molecule is COc1ccc(O[C@H]2O[C@@H](CO[C@@H]3OC[C@](O)(COC(=O)c4ccc(OC)c(OC)c4)[C@H]3O)[C@@H](O)[C@H](O)[C@H]2O)cc1OC. The zero-order chi connectivity index (χ0) is 31.3. The molecular weight excluding hydrogens is 576 g/mol. The predicted octanol–water partition coefficient (Wildman–Crippen LogP) is -0.771. The van der Waals surface area contributed by atoms with Gasteiger partial charge in [-0.3, -0.25) is 0 Å². The number of carbonyl (C=O) groups excluding carboxylic acids is 1. The quantitative estimate of drug-likeness (QED) is 0.187. The molecule has 8 atom stereocenters. The van der Waals surface area contributed by atoms with Crippen LogP contribution >= 0.6 is 0 Å². The molecule has 238 valence electrons. The van der Waals surface area contributed by atoms with Gasteiger partial charge in [-0.15, -0.1) is 0 Å². The molecule has 0 spiro atoms. The van der Waals surface area contributed by atoms with Crippen LogP contribution in [0, 0.1) is 0 Å². The molecular formula is C28H36O15. The Hall–Kier alpha value is -3.41. The Morgan fingerprint density at radius 1 is 0.837 bits per heavy atom. The Morgan fingerprint density at radius 2 is 1.47 bits per heavy atom. The van der Waals surface area contributed by atoms with Crippen LogP contribution in [0.2, 0.25) is 0 Å². The first kappa shape index (κ1) is 32.5. The maximum Gasteiger partial charge on any atom is 0.338 e. The summed E-state index contributed by atoms with van der Waals surface area (Å²) in [5.41, 5.74) is -1.89. The fourth-order valence-electron chi connectivity index (χ4n) is 4.52. The second-order valence-electron chi connectivity index (χ2n) is 9.86. The summed E-state index contributed by atoms with van der Waals surface area (Å²) in [6.07, 6.45) is -10.6. The molecule has 43 heavy (non-hydrogen) atoms. The van der Waals surface area contributed by atoms with Crippen LogP contribution in [-0.2, 0) is 18.9 Å². The highest BCUT2D eigenvalue weighted by Crippen LogP contribution is 2.34. The zero-order valence-electron chi connectivity index (χ0n) is 23.9. The van der Waals surface area contributed by atoms with Gasteiger partial charge in [0.1, 0.15) is 42.9 Å². The van der Waals surface area contributed by atoms with Crippen molar-refractivity contribution < 1.29 is 73.0 Å². The number of hydrogen-bond acceptors (Lipinski definition) is 15. The molecule has 0 amide bonds. The first-order valence-electron chi connectivity index (χ1n) is 13.2. The number of rotatable bonds is 12. The molecule has 0 unspecified atom stereocenters. The average molecular weight is 613 g/mol. The van der Waals surface area contributed by atoms with Crippen LogP contribution in [0.3, 0.4) is 0 Å². The Bertz CT molecular complexity index is 1240. The standard InChI is InChI=1S/C28H36O15/c1-35-16-7-5-14(9-18(16)37-3)25(33)40-12-28(34)13-41-27(24(28)32)39-11-20-21(29)22(30)23(31)26(43-20)42-15-6-8-17(36-2)19(10-15)38-4/h5-10,20-24,26-27,29-32,34H,11-13H2,1-4H3/t20-,21+,22-,23+,24-,26-,27+,28+/m0/s1. The van der Waals surface area contributed by atoms with Crippen molar-refractivity contribution in [2.75, 3.05) is 48.3 Å². The van der Waals surface area contributed by atoms with Gasteiger partial charge in [0.2, 0.25) is 6.29 Å². The van der Waals surface area contributed by atoms with Crippen LogP contribution in [0.4, 0.5) is 0 Å². The lowest BCUT2D eigenvalue weighted by Crippen LogP contribution is -2.60. The minimum Gasteiger partial charge on any atom is -0.493 e. The lowest BCUT2D eigenvalue weighted by atomic mass is 9.99. The van der Waals surface area contributed by atoms with Crippen LogP contribution in [0.15, 0.2) is 36.4 Å². The molecule has 2 aliphatic heterocycles. The summed E-state index contributed by atoms with van der Waals surface area (Å²) < 4.78 is 48.2.